The highest BCUT2D eigenvalue weighted by atomic mass is 79.9. The number of rotatable bonds is 5. The van der Waals surface area contributed by atoms with E-state index in [0.29, 0.717) is 22.5 Å². The number of hydrogen-bond acceptors (Lipinski definition) is 5. The van der Waals surface area contributed by atoms with E-state index in [-0.39, 0.29) is 11.3 Å². The van der Waals surface area contributed by atoms with Gasteiger partial charge in [0.05, 0.1) is 11.5 Å². The number of phenolic OH excluding ortho intramolecular Hbond substituents is 1. The molecule has 0 atom stereocenters. The van der Waals surface area contributed by atoms with Gasteiger partial charge < -0.3 is 9.84 Å². The molecule has 0 heterocycles. The number of aromatic hydroxyl groups is 1. The first kappa shape index (κ1) is 16.0. The quantitative estimate of drug-likeness (QED) is 0.489. The number of halogens is 1. The van der Waals surface area contributed by atoms with Gasteiger partial charge in [-0.25, -0.2) is 0 Å². The maximum absolute atomic E-state index is 10.9. The molecule has 7 heteroatoms. The summed E-state index contributed by atoms with van der Waals surface area (Å²) in [4.78, 5) is 14.5. The van der Waals surface area contributed by atoms with Crippen LogP contribution in [-0.4, -0.2) is 22.9 Å². The van der Waals surface area contributed by atoms with Gasteiger partial charge in [0.2, 0.25) is 5.75 Å². The zero-order chi connectivity index (χ0) is 16.1. The molecule has 0 fully saturated rings. The van der Waals surface area contributed by atoms with Crippen molar-refractivity contribution in [1.29, 1.82) is 0 Å². The summed E-state index contributed by atoms with van der Waals surface area (Å²) in [7, 11) is 0. The lowest BCUT2D eigenvalue weighted by atomic mass is 10.2. The van der Waals surface area contributed by atoms with Crippen LogP contribution < -0.4 is 4.74 Å². The summed E-state index contributed by atoms with van der Waals surface area (Å²) in [6.45, 7) is 2.37. The summed E-state index contributed by atoms with van der Waals surface area (Å²) in [6.07, 6.45) is 1.37. The number of nitro groups is 1. The topological polar surface area (TPSA) is 85.0 Å². The summed E-state index contributed by atoms with van der Waals surface area (Å²) in [5, 5.41) is 20.8. The molecule has 0 unspecified atom stereocenters. The van der Waals surface area contributed by atoms with E-state index in [0.717, 1.165) is 0 Å². The largest absolute Gasteiger partial charge is 0.502 e. The number of aliphatic imine (C=N–C) groups is 1. The van der Waals surface area contributed by atoms with Crippen LogP contribution in [0.1, 0.15) is 12.5 Å². The Hall–Kier alpha value is -2.41. The molecule has 6 nitrogen and oxygen atoms in total. The molecule has 0 radical (unpaired) electrons. The number of nitro benzene ring substituents is 1. The molecular formula is C15H13BrN2O4. The molecule has 2 aromatic rings. The fourth-order valence-electron chi connectivity index (χ4n) is 1.82. The number of benzene rings is 2. The minimum absolute atomic E-state index is 0.243. The number of ether oxygens (including phenoxy) is 1. The highest BCUT2D eigenvalue weighted by Gasteiger charge is 2.17. The molecule has 0 amide bonds. The van der Waals surface area contributed by atoms with Gasteiger partial charge in [-0.05, 0) is 25.1 Å². The molecule has 0 bridgehead atoms. The van der Waals surface area contributed by atoms with Gasteiger partial charge in [-0.2, -0.15) is 0 Å². The van der Waals surface area contributed by atoms with E-state index in [1.165, 1.54) is 12.3 Å². The summed E-state index contributed by atoms with van der Waals surface area (Å²) >= 11 is 3.18. The normalized spacial score (nSPS) is 10.8. The van der Waals surface area contributed by atoms with Gasteiger partial charge in [0.15, 0.2) is 0 Å². The molecule has 0 aliphatic carbocycles. The lowest BCUT2D eigenvalue weighted by Gasteiger charge is -2.06. The first-order chi connectivity index (χ1) is 10.5. The van der Waals surface area contributed by atoms with Crippen LogP contribution in [-0.2, 0) is 0 Å². The fraction of sp³-hybridized carbons (Fsp3) is 0.133. The second-order valence-corrected chi connectivity index (χ2v) is 5.19. The Morgan fingerprint density at radius 2 is 2.14 bits per heavy atom. The highest BCUT2D eigenvalue weighted by molar-refractivity contribution is 9.10. The van der Waals surface area contributed by atoms with E-state index >= 15 is 0 Å². The Morgan fingerprint density at radius 3 is 2.82 bits per heavy atom. The van der Waals surface area contributed by atoms with Crippen molar-refractivity contribution in [3.63, 3.8) is 0 Å². The van der Waals surface area contributed by atoms with Gasteiger partial charge >= 0.3 is 5.69 Å². The summed E-state index contributed by atoms with van der Waals surface area (Å²) in [5.74, 6) is 0.177. The SMILES string of the molecule is CCOc1ccccc1N=Cc1cc(Br)cc([N+](=O)[O-])c1O. The number of para-hydroxylation sites is 2. The average Bonchev–Trinajstić information content (AvgIpc) is 2.49. The van der Waals surface area contributed by atoms with E-state index in [4.69, 9.17) is 4.74 Å². The second-order valence-electron chi connectivity index (χ2n) is 4.28. The van der Waals surface area contributed by atoms with Crippen LogP contribution in [0.4, 0.5) is 11.4 Å². The fourth-order valence-corrected chi connectivity index (χ4v) is 2.29. The molecule has 0 saturated carbocycles. The van der Waals surface area contributed by atoms with Gasteiger partial charge in [-0.1, -0.05) is 28.1 Å². The Bertz CT molecular complexity index is 731. The lowest BCUT2D eigenvalue weighted by Crippen LogP contribution is -1.93. The van der Waals surface area contributed by atoms with Crippen molar-refractivity contribution in [3.05, 3.63) is 56.5 Å². The van der Waals surface area contributed by atoms with Crippen molar-refractivity contribution in [2.24, 2.45) is 4.99 Å². The molecular weight excluding hydrogens is 352 g/mol. The monoisotopic (exact) mass is 364 g/mol. The van der Waals surface area contributed by atoms with Crippen molar-refractivity contribution >= 4 is 33.5 Å². The molecule has 0 aliphatic heterocycles. The van der Waals surface area contributed by atoms with Gasteiger partial charge in [0, 0.05) is 22.3 Å². The first-order valence-corrected chi connectivity index (χ1v) is 7.25. The predicted molar refractivity (Wildman–Crippen MR) is 87.3 cm³/mol. The molecule has 0 saturated heterocycles. The van der Waals surface area contributed by atoms with E-state index in [1.807, 2.05) is 13.0 Å². The standard InChI is InChI=1S/C15H13BrN2O4/c1-2-22-14-6-4-3-5-12(14)17-9-10-7-11(16)8-13(15(10)19)18(20)21/h3-9,19H,2H2,1H3. The molecule has 0 aliphatic rings. The van der Waals surface area contributed by atoms with Crippen LogP contribution in [0.3, 0.4) is 0 Å². The molecule has 1 N–H and O–H groups in total. The molecule has 22 heavy (non-hydrogen) atoms. The highest BCUT2D eigenvalue weighted by Crippen LogP contribution is 2.33. The van der Waals surface area contributed by atoms with Crippen molar-refractivity contribution < 1.29 is 14.8 Å². The van der Waals surface area contributed by atoms with E-state index in [9.17, 15) is 15.2 Å². The van der Waals surface area contributed by atoms with Crippen molar-refractivity contribution in [3.8, 4) is 11.5 Å². The average molecular weight is 365 g/mol. The smallest absolute Gasteiger partial charge is 0.312 e. The zero-order valence-electron chi connectivity index (χ0n) is 11.7. The van der Waals surface area contributed by atoms with Gasteiger partial charge in [-0.15, -0.1) is 0 Å². The third kappa shape index (κ3) is 3.62. The van der Waals surface area contributed by atoms with Gasteiger partial charge in [-0.3, -0.25) is 15.1 Å². The third-order valence-corrected chi connectivity index (χ3v) is 3.25. The number of phenols is 1. The van der Waals surface area contributed by atoms with Crippen LogP contribution in [0.5, 0.6) is 11.5 Å². The first-order valence-electron chi connectivity index (χ1n) is 6.45. The van der Waals surface area contributed by atoms with E-state index in [2.05, 4.69) is 20.9 Å². The maximum Gasteiger partial charge on any atom is 0.312 e. The van der Waals surface area contributed by atoms with Crippen molar-refractivity contribution in [2.75, 3.05) is 6.61 Å². The van der Waals surface area contributed by atoms with Crippen molar-refractivity contribution in [1.82, 2.24) is 0 Å². The number of hydrogen-bond donors (Lipinski definition) is 1. The Kier molecular flexibility index (Phi) is 5.11. The molecule has 2 aromatic carbocycles. The van der Waals surface area contributed by atoms with Crippen LogP contribution in [0.2, 0.25) is 0 Å². The minimum Gasteiger partial charge on any atom is -0.502 e. The molecule has 0 aromatic heterocycles. The Labute approximate surface area is 135 Å². The second kappa shape index (κ2) is 7.04. The molecule has 0 spiro atoms. The van der Waals surface area contributed by atoms with Gasteiger partial charge in [0.25, 0.3) is 0 Å². The third-order valence-electron chi connectivity index (χ3n) is 2.79. The summed E-state index contributed by atoms with van der Waals surface area (Å²) in [6, 6.07) is 9.95. The summed E-state index contributed by atoms with van der Waals surface area (Å²) in [5.41, 5.74) is 0.438. The van der Waals surface area contributed by atoms with Gasteiger partial charge in [0.1, 0.15) is 11.4 Å². The summed E-state index contributed by atoms with van der Waals surface area (Å²) < 4.78 is 5.93. The molecule has 2 rings (SSSR count). The van der Waals surface area contributed by atoms with Crippen molar-refractivity contribution in [2.45, 2.75) is 6.92 Å². The Morgan fingerprint density at radius 1 is 1.41 bits per heavy atom. The van der Waals surface area contributed by atoms with Crippen LogP contribution in [0, 0.1) is 10.1 Å². The zero-order valence-corrected chi connectivity index (χ0v) is 13.3. The van der Waals surface area contributed by atoms with E-state index < -0.39 is 10.7 Å². The van der Waals surface area contributed by atoms with Crippen LogP contribution in [0.15, 0.2) is 45.9 Å². The van der Waals surface area contributed by atoms with Crippen LogP contribution in [0.25, 0.3) is 0 Å². The van der Waals surface area contributed by atoms with E-state index in [1.54, 1.807) is 24.3 Å². The molecule has 114 valence electrons. The predicted octanol–water partition coefficient (Wildman–Crippen LogP) is 4.21. The Balaban J connectivity index is 2.41. The lowest BCUT2D eigenvalue weighted by molar-refractivity contribution is -0.385. The maximum atomic E-state index is 10.9. The minimum atomic E-state index is -0.647. The van der Waals surface area contributed by atoms with Crippen LogP contribution >= 0.6 is 15.9 Å². The number of nitrogens with zero attached hydrogens (tertiary/aromatic N) is 2.